The van der Waals surface area contributed by atoms with Crippen LogP contribution in [0.4, 0.5) is 14.5 Å². The van der Waals surface area contributed by atoms with Crippen LogP contribution < -0.4 is 9.64 Å². The van der Waals surface area contributed by atoms with E-state index in [2.05, 4.69) is 9.80 Å². The topological polar surface area (TPSA) is 15.7 Å². The van der Waals surface area contributed by atoms with E-state index in [1.807, 2.05) is 18.2 Å². The van der Waals surface area contributed by atoms with E-state index in [1.54, 1.807) is 6.07 Å². The van der Waals surface area contributed by atoms with Crippen molar-refractivity contribution in [1.29, 1.82) is 0 Å². The molecule has 166 valence electrons. The Morgan fingerprint density at radius 2 is 1.50 bits per heavy atom. The van der Waals surface area contributed by atoms with Gasteiger partial charge in [-0.05, 0) is 86.2 Å². The van der Waals surface area contributed by atoms with Crippen molar-refractivity contribution in [1.82, 2.24) is 4.90 Å². The van der Waals surface area contributed by atoms with Gasteiger partial charge in [0.1, 0.15) is 5.82 Å². The summed E-state index contributed by atoms with van der Waals surface area (Å²) in [5.41, 5.74) is 3.48. The van der Waals surface area contributed by atoms with Crippen molar-refractivity contribution < 1.29 is 13.5 Å². The second-order valence-electron chi connectivity index (χ2n) is 7.77. The number of unbranched alkanes of at least 4 members (excludes halogenated alkanes) is 1. The normalized spacial score (nSPS) is 15.9. The predicted octanol–water partition coefficient (Wildman–Crippen LogP) is 5.28. The maximum atomic E-state index is 14.1. The van der Waals surface area contributed by atoms with Gasteiger partial charge in [-0.15, -0.1) is 24.8 Å². The van der Waals surface area contributed by atoms with Gasteiger partial charge < -0.3 is 9.64 Å². The van der Waals surface area contributed by atoms with E-state index in [4.69, 9.17) is 4.74 Å². The molecule has 1 heterocycles. The Morgan fingerprint density at radius 3 is 2.20 bits per heavy atom. The molecule has 7 heteroatoms. The highest BCUT2D eigenvalue weighted by molar-refractivity contribution is 5.85. The summed E-state index contributed by atoms with van der Waals surface area (Å²) in [6, 6.07) is 10.3. The standard InChI is InChI=1S/C23H28F2N2O.2ClH/c24-20-6-8-21(9-7-20)27-13-11-26(12-14-27)10-1-2-15-28-23-17-19-5-3-4-18(19)16-22(23)25;;/h6-9,16-17H,1-5,10-15H2;2*1H. The van der Waals surface area contributed by atoms with Crippen LogP contribution in [0, 0.1) is 11.6 Å². The van der Waals surface area contributed by atoms with E-state index in [0.29, 0.717) is 12.4 Å². The number of benzene rings is 2. The molecule has 0 saturated carbocycles. The third kappa shape index (κ3) is 6.22. The Labute approximate surface area is 190 Å². The zero-order valence-electron chi connectivity index (χ0n) is 17.1. The number of aryl methyl sites for hydroxylation is 2. The summed E-state index contributed by atoms with van der Waals surface area (Å²) in [4.78, 5) is 4.76. The second-order valence-corrected chi connectivity index (χ2v) is 7.77. The number of hydrogen-bond acceptors (Lipinski definition) is 3. The monoisotopic (exact) mass is 458 g/mol. The van der Waals surface area contributed by atoms with E-state index >= 15 is 0 Å². The lowest BCUT2D eigenvalue weighted by Crippen LogP contribution is -2.46. The fourth-order valence-corrected chi connectivity index (χ4v) is 4.18. The quantitative estimate of drug-likeness (QED) is 0.525. The number of anilines is 1. The molecular weight excluding hydrogens is 429 g/mol. The molecule has 0 unspecified atom stereocenters. The molecule has 2 aliphatic rings. The van der Waals surface area contributed by atoms with Crippen LogP contribution >= 0.6 is 24.8 Å². The van der Waals surface area contributed by atoms with Gasteiger partial charge >= 0.3 is 0 Å². The Hall–Kier alpha value is -1.56. The van der Waals surface area contributed by atoms with E-state index in [1.165, 1.54) is 17.7 Å². The van der Waals surface area contributed by atoms with Gasteiger partial charge in [-0.1, -0.05) is 0 Å². The maximum absolute atomic E-state index is 14.1. The summed E-state index contributed by atoms with van der Waals surface area (Å²) < 4.78 is 32.8. The Kier molecular flexibility index (Phi) is 9.66. The van der Waals surface area contributed by atoms with Gasteiger partial charge in [-0.3, -0.25) is 4.90 Å². The molecule has 0 N–H and O–H groups in total. The molecule has 0 radical (unpaired) electrons. The van der Waals surface area contributed by atoms with Gasteiger partial charge in [0, 0.05) is 31.9 Å². The minimum Gasteiger partial charge on any atom is -0.491 e. The number of nitrogens with zero attached hydrogens (tertiary/aromatic N) is 2. The van der Waals surface area contributed by atoms with Crippen molar-refractivity contribution in [2.45, 2.75) is 32.1 Å². The Morgan fingerprint density at radius 1 is 0.833 bits per heavy atom. The minimum atomic E-state index is -0.224. The Balaban J connectivity index is 0.00000160. The lowest BCUT2D eigenvalue weighted by molar-refractivity contribution is 0.236. The first-order valence-electron chi connectivity index (χ1n) is 10.4. The molecule has 30 heavy (non-hydrogen) atoms. The van der Waals surface area contributed by atoms with E-state index in [0.717, 1.165) is 76.1 Å². The second kappa shape index (κ2) is 11.7. The van der Waals surface area contributed by atoms with E-state index in [-0.39, 0.29) is 36.4 Å². The van der Waals surface area contributed by atoms with Gasteiger partial charge in [-0.25, -0.2) is 8.78 Å². The minimum absolute atomic E-state index is 0. The highest BCUT2D eigenvalue weighted by Gasteiger charge is 2.17. The molecule has 3 nitrogen and oxygen atoms in total. The zero-order valence-corrected chi connectivity index (χ0v) is 18.8. The fraction of sp³-hybridized carbons (Fsp3) is 0.478. The van der Waals surface area contributed by atoms with Crippen LogP contribution in [-0.2, 0) is 12.8 Å². The summed E-state index contributed by atoms with van der Waals surface area (Å²) in [5.74, 6) is -0.00416. The van der Waals surface area contributed by atoms with Crippen LogP contribution in [0.5, 0.6) is 5.75 Å². The molecule has 1 aliphatic heterocycles. The highest BCUT2D eigenvalue weighted by Crippen LogP contribution is 2.29. The first-order valence-corrected chi connectivity index (χ1v) is 10.4. The van der Waals surface area contributed by atoms with Crippen LogP contribution in [0.15, 0.2) is 36.4 Å². The molecule has 1 saturated heterocycles. The smallest absolute Gasteiger partial charge is 0.165 e. The molecule has 2 aromatic rings. The number of hydrogen-bond donors (Lipinski definition) is 0. The molecule has 0 spiro atoms. The number of ether oxygens (including phenoxy) is 1. The number of piperazine rings is 1. The first kappa shape index (κ1) is 24.7. The summed E-state index contributed by atoms with van der Waals surface area (Å²) in [5, 5.41) is 0. The third-order valence-corrected chi connectivity index (χ3v) is 5.84. The van der Waals surface area contributed by atoms with E-state index < -0.39 is 0 Å². The predicted molar refractivity (Wildman–Crippen MR) is 123 cm³/mol. The fourth-order valence-electron chi connectivity index (χ4n) is 4.18. The summed E-state index contributed by atoms with van der Waals surface area (Å²) >= 11 is 0. The van der Waals surface area contributed by atoms with Gasteiger partial charge in [-0.2, -0.15) is 0 Å². The van der Waals surface area contributed by atoms with Crippen molar-refractivity contribution in [3.8, 4) is 5.75 Å². The molecule has 0 aromatic heterocycles. The molecule has 4 rings (SSSR count). The average molecular weight is 459 g/mol. The molecule has 1 fully saturated rings. The molecule has 0 amide bonds. The summed E-state index contributed by atoms with van der Waals surface area (Å²) in [7, 11) is 0. The van der Waals surface area contributed by atoms with E-state index in [9.17, 15) is 8.78 Å². The van der Waals surface area contributed by atoms with Crippen molar-refractivity contribution in [2.75, 3.05) is 44.2 Å². The van der Waals surface area contributed by atoms with Crippen molar-refractivity contribution in [2.24, 2.45) is 0 Å². The molecule has 0 atom stereocenters. The average Bonchev–Trinajstić information content (AvgIpc) is 3.16. The van der Waals surface area contributed by atoms with Crippen LogP contribution in [0.2, 0.25) is 0 Å². The number of fused-ring (bicyclic) bond motifs is 1. The van der Waals surface area contributed by atoms with Gasteiger partial charge in [0.05, 0.1) is 6.61 Å². The lowest BCUT2D eigenvalue weighted by atomic mass is 10.1. The molecule has 2 aromatic carbocycles. The van der Waals surface area contributed by atoms with Crippen LogP contribution in [0.25, 0.3) is 0 Å². The zero-order chi connectivity index (χ0) is 19.3. The largest absolute Gasteiger partial charge is 0.491 e. The number of rotatable bonds is 7. The molecule has 0 bridgehead atoms. The molecular formula is C23H30Cl2F2N2O. The third-order valence-electron chi connectivity index (χ3n) is 5.84. The van der Waals surface area contributed by atoms with Crippen LogP contribution in [0.1, 0.15) is 30.4 Å². The SMILES string of the molecule is Cl.Cl.Fc1ccc(N2CCN(CCCCOc3cc4c(cc3F)CCC4)CC2)cc1. The Bertz CT molecular complexity index is 797. The first-order chi connectivity index (χ1) is 13.7. The van der Waals surface area contributed by atoms with Crippen LogP contribution in [0.3, 0.4) is 0 Å². The van der Waals surface area contributed by atoms with Crippen LogP contribution in [-0.4, -0.2) is 44.2 Å². The highest BCUT2D eigenvalue weighted by atomic mass is 35.5. The van der Waals surface area contributed by atoms with Gasteiger partial charge in [0.15, 0.2) is 11.6 Å². The van der Waals surface area contributed by atoms with Crippen molar-refractivity contribution in [3.63, 3.8) is 0 Å². The van der Waals surface area contributed by atoms with Gasteiger partial charge in [0.2, 0.25) is 0 Å². The maximum Gasteiger partial charge on any atom is 0.165 e. The van der Waals surface area contributed by atoms with Gasteiger partial charge in [0.25, 0.3) is 0 Å². The summed E-state index contributed by atoms with van der Waals surface area (Å²) in [6.07, 6.45) is 5.11. The summed E-state index contributed by atoms with van der Waals surface area (Å²) in [6.45, 7) is 5.54. The van der Waals surface area contributed by atoms with Crippen molar-refractivity contribution >= 4 is 30.5 Å². The van der Waals surface area contributed by atoms with Crippen molar-refractivity contribution in [3.05, 3.63) is 59.2 Å². The lowest BCUT2D eigenvalue weighted by Gasteiger charge is -2.36. The molecule has 1 aliphatic carbocycles. The number of halogens is 4.